The molecule has 0 aliphatic carbocycles. The molecule has 2 fully saturated rings. The summed E-state index contributed by atoms with van der Waals surface area (Å²) in [6.45, 7) is 5.95. The zero-order chi connectivity index (χ0) is 28.5. The second-order valence-corrected chi connectivity index (χ2v) is 10.5. The van der Waals surface area contributed by atoms with Crippen LogP contribution in [0.5, 0.6) is 5.75 Å². The fraction of sp³-hybridized carbons (Fsp3) is 0.481. The number of likely N-dealkylation sites (N-methyl/N-ethyl adjacent to an activating group) is 1. The van der Waals surface area contributed by atoms with E-state index in [1.165, 1.54) is 18.7 Å². The van der Waals surface area contributed by atoms with Gasteiger partial charge in [0.2, 0.25) is 5.67 Å². The van der Waals surface area contributed by atoms with Crippen molar-refractivity contribution in [3.63, 3.8) is 0 Å². The molecule has 0 spiro atoms. The quantitative estimate of drug-likeness (QED) is 0.257. The van der Waals surface area contributed by atoms with Crippen molar-refractivity contribution in [1.82, 2.24) is 20.2 Å². The standard InChI is InChI=1S/C27H34ClFN6O4/c1-15-23(22(16(2)30)17(3)36)32-24(20-10-19(6-7-21(20)28)39-12-18(37)11-31-4)33-25(15)35-13-27(29,14-35)26(38)34-8-5-9-34/h6-7,10,18,30-31,36-37H,5,8-9,11-14H2,1-4H3/b22-17+,30-16?/t18-/m1/s1. The summed E-state index contributed by atoms with van der Waals surface area (Å²) in [6.07, 6.45) is 0.157. The lowest BCUT2D eigenvalue weighted by Crippen LogP contribution is -2.68. The van der Waals surface area contributed by atoms with Gasteiger partial charge in [-0.2, -0.15) is 0 Å². The SMILES string of the molecule is CNC[C@@H](O)COc1ccc(Cl)c(-c2nc(/C(C(C)=N)=C(\C)O)c(C)c(N3CC(F)(C(=O)N4CCC4)C3)n2)c1. The van der Waals surface area contributed by atoms with Crippen molar-refractivity contribution in [3.8, 4) is 17.1 Å². The Kier molecular flexibility index (Phi) is 8.43. The van der Waals surface area contributed by atoms with E-state index in [1.54, 1.807) is 37.1 Å². The van der Waals surface area contributed by atoms with Gasteiger partial charge >= 0.3 is 0 Å². The van der Waals surface area contributed by atoms with Crippen LogP contribution < -0.4 is 15.0 Å². The Balaban J connectivity index is 1.74. The number of hydrogen-bond acceptors (Lipinski definition) is 9. The van der Waals surface area contributed by atoms with Crippen LogP contribution >= 0.6 is 11.6 Å². The molecular formula is C27H34ClFN6O4. The van der Waals surface area contributed by atoms with Gasteiger partial charge in [-0.05, 0) is 52.4 Å². The first kappa shape index (κ1) is 28.7. The molecule has 3 heterocycles. The van der Waals surface area contributed by atoms with Crippen molar-refractivity contribution in [2.24, 2.45) is 0 Å². The maximum atomic E-state index is 15.5. The number of aliphatic hydroxyl groups excluding tert-OH is 2. The predicted molar refractivity (Wildman–Crippen MR) is 149 cm³/mol. The number of anilines is 1. The summed E-state index contributed by atoms with van der Waals surface area (Å²) in [5.74, 6) is 0.391. The second kappa shape index (κ2) is 11.4. The molecule has 2 saturated heterocycles. The van der Waals surface area contributed by atoms with Gasteiger partial charge in [-0.3, -0.25) is 4.79 Å². The summed E-state index contributed by atoms with van der Waals surface area (Å²) in [6, 6.07) is 4.92. The van der Waals surface area contributed by atoms with Crippen LogP contribution in [-0.2, 0) is 4.79 Å². The summed E-state index contributed by atoms with van der Waals surface area (Å²) >= 11 is 6.54. The zero-order valence-corrected chi connectivity index (χ0v) is 23.3. The maximum absolute atomic E-state index is 15.5. The summed E-state index contributed by atoms with van der Waals surface area (Å²) in [5.41, 5.74) is -0.431. The molecule has 2 aromatic rings. The Labute approximate surface area is 232 Å². The molecule has 0 radical (unpaired) electrons. The summed E-state index contributed by atoms with van der Waals surface area (Å²) in [4.78, 5) is 25.2. The van der Waals surface area contributed by atoms with Crippen molar-refractivity contribution in [2.75, 3.05) is 51.3 Å². The lowest BCUT2D eigenvalue weighted by molar-refractivity contribution is -0.149. The molecule has 1 aromatic carbocycles. The number of carbonyl (C=O) groups is 1. The van der Waals surface area contributed by atoms with Crippen LogP contribution in [0.4, 0.5) is 10.2 Å². The first-order valence-electron chi connectivity index (χ1n) is 12.8. The number of ether oxygens (including phenoxy) is 1. The number of carbonyl (C=O) groups excluding carboxylic acids is 1. The Hall–Kier alpha value is -3.28. The Morgan fingerprint density at radius 2 is 2.00 bits per heavy atom. The monoisotopic (exact) mass is 560 g/mol. The molecule has 1 aromatic heterocycles. The van der Waals surface area contributed by atoms with Gasteiger partial charge in [0.25, 0.3) is 5.91 Å². The van der Waals surface area contributed by atoms with E-state index in [0.29, 0.717) is 53.0 Å². The van der Waals surface area contributed by atoms with Crippen molar-refractivity contribution in [3.05, 3.63) is 40.2 Å². The third-order valence-corrected chi connectivity index (χ3v) is 7.19. The van der Waals surface area contributed by atoms with Crippen LogP contribution in [0.25, 0.3) is 17.0 Å². The van der Waals surface area contributed by atoms with Gasteiger partial charge in [-0.15, -0.1) is 0 Å². The van der Waals surface area contributed by atoms with Gasteiger partial charge in [0.1, 0.15) is 30.0 Å². The molecule has 0 saturated carbocycles. The molecule has 0 unspecified atom stereocenters. The van der Waals surface area contributed by atoms with Crippen LogP contribution in [0.1, 0.15) is 31.5 Å². The number of allylic oxidation sites excluding steroid dienone is 2. The number of alkyl halides is 1. The maximum Gasteiger partial charge on any atom is 0.264 e. The number of nitrogens with one attached hydrogen (secondary N) is 2. The molecule has 4 N–H and O–H groups in total. The Bertz CT molecular complexity index is 1310. The second-order valence-electron chi connectivity index (χ2n) is 10.1. The number of nitrogens with zero attached hydrogens (tertiary/aromatic N) is 4. The van der Waals surface area contributed by atoms with E-state index >= 15 is 4.39 Å². The zero-order valence-electron chi connectivity index (χ0n) is 22.5. The van der Waals surface area contributed by atoms with Gasteiger partial charge in [0.05, 0.1) is 29.4 Å². The first-order valence-corrected chi connectivity index (χ1v) is 13.2. The largest absolute Gasteiger partial charge is 0.512 e. The van der Waals surface area contributed by atoms with Gasteiger partial charge < -0.3 is 35.5 Å². The summed E-state index contributed by atoms with van der Waals surface area (Å²) in [7, 11) is 1.73. The molecule has 10 nitrogen and oxygen atoms in total. The van der Waals surface area contributed by atoms with Crippen molar-refractivity contribution in [2.45, 2.75) is 39.0 Å². The summed E-state index contributed by atoms with van der Waals surface area (Å²) < 4.78 is 21.2. The molecular weight excluding hydrogens is 527 g/mol. The van der Waals surface area contributed by atoms with E-state index in [1.807, 2.05) is 0 Å². The predicted octanol–water partition coefficient (Wildman–Crippen LogP) is 3.15. The van der Waals surface area contributed by atoms with E-state index in [0.717, 1.165) is 6.42 Å². The molecule has 2 aliphatic rings. The minimum atomic E-state index is -2.00. The van der Waals surface area contributed by atoms with E-state index in [9.17, 15) is 15.0 Å². The summed E-state index contributed by atoms with van der Waals surface area (Å²) in [5, 5.41) is 31.9. The lowest BCUT2D eigenvalue weighted by Gasteiger charge is -2.47. The van der Waals surface area contributed by atoms with E-state index in [4.69, 9.17) is 26.7 Å². The van der Waals surface area contributed by atoms with E-state index in [-0.39, 0.29) is 42.6 Å². The smallest absolute Gasteiger partial charge is 0.264 e. The number of aliphatic hydroxyl groups is 2. The van der Waals surface area contributed by atoms with Gasteiger partial charge in [-0.25, -0.2) is 14.4 Å². The molecule has 1 amide bonds. The molecule has 1 atom stereocenters. The number of aromatic nitrogens is 2. The minimum absolute atomic E-state index is 0.0498. The molecule has 4 rings (SSSR count). The average Bonchev–Trinajstić information content (AvgIpc) is 2.81. The fourth-order valence-electron chi connectivity index (χ4n) is 4.70. The van der Waals surface area contributed by atoms with Crippen LogP contribution in [0.2, 0.25) is 5.02 Å². The number of rotatable bonds is 10. The molecule has 39 heavy (non-hydrogen) atoms. The van der Waals surface area contributed by atoms with Crippen LogP contribution in [0.3, 0.4) is 0 Å². The van der Waals surface area contributed by atoms with Crippen molar-refractivity contribution >= 4 is 34.6 Å². The number of benzene rings is 1. The van der Waals surface area contributed by atoms with Gasteiger partial charge in [0, 0.05) is 36.5 Å². The molecule has 210 valence electrons. The van der Waals surface area contributed by atoms with Crippen molar-refractivity contribution in [1.29, 1.82) is 5.41 Å². The van der Waals surface area contributed by atoms with Gasteiger partial charge in [0.15, 0.2) is 5.82 Å². The Morgan fingerprint density at radius 3 is 2.56 bits per heavy atom. The third kappa shape index (κ3) is 5.85. The van der Waals surface area contributed by atoms with Crippen molar-refractivity contribution < 1.29 is 24.1 Å². The highest BCUT2D eigenvalue weighted by Gasteiger charge is 2.53. The van der Waals surface area contributed by atoms with Crippen LogP contribution in [0, 0.1) is 12.3 Å². The minimum Gasteiger partial charge on any atom is -0.512 e. The van der Waals surface area contributed by atoms with Gasteiger partial charge in [-0.1, -0.05) is 11.6 Å². The molecule has 2 aliphatic heterocycles. The first-order chi connectivity index (χ1) is 18.4. The number of amides is 1. The lowest BCUT2D eigenvalue weighted by atomic mass is 9.92. The van der Waals surface area contributed by atoms with Crippen LogP contribution in [0.15, 0.2) is 24.0 Å². The highest BCUT2D eigenvalue weighted by atomic mass is 35.5. The van der Waals surface area contributed by atoms with E-state index in [2.05, 4.69) is 10.3 Å². The number of halogens is 2. The topological polar surface area (TPSA) is 135 Å². The van der Waals surface area contributed by atoms with Crippen LogP contribution in [-0.4, -0.2) is 94.9 Å². The fourth-order valence-corrected chi connectivity index (χ4v) is 4.90. The number of likely N-dealkylation sites (tertiary alicyclic amines) is 1. The third-order valence-electron chi connectivity index (χ3n) is 6.86. The average molecular weight is 561 g/mol. The highest BCUT2D eigenvalue weighted by molar-refractivity contribution is 6.33. The Morgan fingerprint density at radius 1 is 1.31 bits per heavy atom. The highest BCUT2D eigenvalue weighted by Crippen LogP contribution is 2.39. The normalized spacial score (nSPS) is 17.6. The number of hydrogen-bond donors (Lipinski definition) is 4. The van der Waals surface area contributed by atoms with E-state index < -0.39 is 17.7 Å². The molecule has 0 bridgehead atoms. The molecule has 12 heteroatoms.